The zero-order valence-corrected chi connectivity index (χ0v) is 10.4. The third-order valence-electron chi connectivity index (χ3n) is 2.25. The second-order valence-electron chi connectivity index (χ2n) is 3.61. The Morgan fingerprint density at radius 3 is 2.88 bits per heavy atom. The van der Waals surface area contributed by atoms with Gasteiger partial charge in [0.05, 0.1) is 6.20 Å². The number of nitrogens with one attached hydrogen (secondary N) is 2. The van der Waals surface area contributed by atoms with Crippen LogP contribution in [-0.4, -0.2) is 36.5 Å². The lowest BCUT2D eigenvalue weighted by atomic mass is 10.3. The topological polar surface area (TPSA) is 78.1 Å². The van der Waals surface area contributed by atoms with Crippen molar-refractivity contribution in [3.05, 3.63) is 18.0 Å². The maximum Gasteiger partial charge on any atom is 0.279 e. The Bertz CT molecular complexity index is 388. The van der Waals surface area contributed by atoms with Gasteiger partial charge < -0.3 is 0 Å². The SMILES string of the molecule is CCCCN(C)S(=O)(=O)NCc1cn[nH]c1. The molecule has 0 aliphatic carbocycles. The lowest BCUT2D eigenvalue weighted by Crippen LogP contribution is -2.38. The molecule has 0 spiro atoms. The van der Waals surface area contributed by atoms with Crippen molar-refractivity contribution in [2.24, 2.45) is 0 Å². The third-order valence-corrected chi connectivity index (χ3v) is 3.76. The van der Waals surface area contributed by atoms with Crippen LogP contribution in [0.3, 0.4) is 0 Å². The van der Waals surface area contributed by atoms with E-state index in [4.69, 9.17) is 0 Å². The molecule has 6 nitrogen and oxygen atoms in total. The van der Waals surface area contributed by atoms with E-state index in [-0.39, 0.29) is 6.54 Å². The second kappa shape index (κ2) is 5.97. The minimum atomic E-state index is -3.37. The van der Waals surface area contributed by atoms with E-state index in [1.54, 1.807) is 19.4 Å². The number of hydrogen-bond acceptors (Lipinski definition) is 3. The van der Waals surface area contributed by atoms with Gasteiger partial charge in [-0.05, 0) is 6.42 Å². The van der Waals surface area contributed by atoms with Gasteiger partial charge in [0, 0.05) is 31.9 Å². The van der Waals surface area contributed by atoms with E-state index in [1.807, 2.05) is 6.92 Å². The lowest BCUT2D eigenvalue weighted by Gasteiger charge is -2.16. The summed E-state index contributed by atoms with van der Waals surface area (Å²) in [6.07, 6.45) is 5.09. The van der Waals surface area contributed by atoms with Gasteiger partial charge in [0.25, 0.3) is 10.2 Å². The molecule has 0 saturated carbocycles. The average Bonchev–Trinajstić information content (AvgIpc) is 2.76. The Hall–Kier alpha value is -0.920. The van der Waals surface area contributed by atoms with E-state index in [9.17, 15) is 8.42 Å². The number of hydrogen-bond donors (Lipinski definition) is 2. The first-order valence-electron chi connectivity index (χ1n) is 5.25. The lowest BCUT2D eigenvalue weighted by molar-refractivity contribution is 0.448. The van der Waals surface area contributed by atoms with Crippen LogP contribution in [0.15, 0.2) is 12.4 Å². The van der Waals surface area contributed by atoms with Crippen LogP contribution < -0.4 is 4.72 Å². The van der Waals surface area contributed by atoms with Gasteiger partial charge in [0.1, 0.15) is 0 Å². The number of unbranched alkanes of at least 4 members (excludes halogenated alkanes) is 1. The average molecular weight is 246 g/mol. The molecule has 0 aliphatic rings. The Balaban J connectivity index is 2.45. The standard InChI is InChI=1S/C9H18N4O2S/c1-3-4-5-13(2)16(14,15)12-8-9-6-10-11-7-9/h6-7,12H,3-5,8H2,1-2H3,(H,10,11). The van der Waals surface area contributed by atoms with Gasteiger partial charge in [-0.3, -0.25) is 5.10 Å². The van der Waals surface area contributed by atoms with Crippen molar-refractivity contribution in [2.45, 2.75) is 26.3 Å². The van der Waals surface area contributed by atoms with Crippen molar-refractivity contribution in [3.63, 3.8) is 0 Å². The van der Waals surface area contributed by atoms with E-state index in [0.717, 1.165) is 18.4 Å². The molecule has 0 unspecified atom stereocenters. The minimum absolute atomic E-state index is 0.259. The highest BCUT2D eigenvalue weighted by molar-refractivity contribution is 7.87. The molecular weight excluding hydrogens is 228 g/mol. The number of aromatic nitrogens is 2. The summed E-state index contributed by atoms with van der Waals surface area (Å²) in [7, 11) is -1.79. The largest absolute Gasteiger partial charge is 0.285 e. The summed E-state index contributed by atoms with van der Waals surface area (Å²) in [6, 6.07) is 0. The zero-order valence-electron chi connectivity index (χ0n) is 9.60. The van der Waals surface area contributed by atoms with Gasteiger partial charge in [-0.2, -0.15) is 22.5 Å². The summed E-state index contributed by atoms with van der Waals surface area (Å²) in [5, 5.41) is 6.37. The van der Waals surface area contributed by atoms with Crippen molar-refractivity contribution in [2.75, 3.05) is 13.6 Å². The van der Waals surface area contributed by atoms with E-state index in [2.05, 4.69) is 14.9 Å². The summed E-state index contributed by atoms with van der Waals surface area (Å²) >= 11 is 0. The maximum absolute atomic E-state index is 11.7. The van der Waals surface area contributed by atoms with Crippen molar-refractivity contribution >= 4 is 10.2 Å². The normalized spacial score (nSPS) is 12.2. The molecule has 0 atom stereocenters. The first kappa shape index (κ1) is 13.1. The van der Waals surface area contributed by atoms with Crippen LogP contribution >= 0.6 is 0 Å². The highest BCUT2D eigenvalue weighted by Crippen LogP contribution is 2.00. The van der Waals surface area contributed by atoms with Crippen molar-refractivity contribution in [1.29, 1.82) is 0 Å². The van der Waals surface area contributed by atoms with Crippen LogP contribution in [-0.2, 0) is 16.8 Å². The highest BCUT2D eigenvalue weighted by Gasteiger charge is 2.16. The summed E-state index contributed by atoms with van der Waals surface area (Å²) < 4.78 is 27.3. The molecule has 1 rings (SSSR count). The first-order chi connectivity index (χ1) is 7.56. The third kappa shape index (κ3) is 3.92. The van der Waals surface area contributed by atoms with Gasteiger partial charge in [0.15, 0.2) is 0 Å². The molecular formula is C9H18N4O2S. The van der Waals surface area contributed by atoms with Crippen LogP contribution in [0.1, 0.15) is 25.3 Å². The summed E-state index contributed by atoms with van der Waals surface area (Å²) in [5.41, 5.74) is 0.812. The molecule has 7 heteroatoms. The van der Waals surface area contributed by atoms with Crippen LogP contribution in [0, 0.1) is 0 Å². The van der Waals surface area contributed by atoms with Crippen molar-refractivity contribution < 1.29 is 8.42 Å². The predicted octanol–water partition coefficient (Wildman–Crippen LogP) is 0.476. The Kier molecular flexibility index (Phi) is 4.91. The van der Waals surface area contributed by atoms with E-state index in [0.29, 0.717) is 6.54 Å². The quantitative estimate of drug-likeness (QED) is 0.734. The molecule has 0 amide bonds. The summed E-state index contributed by atoms with van der Waals surface area (Å²) in [6.45, 7) is 2.83. The number of rotatable bonds is 7. The maximum atomic E-state index is 11.7. The fourth-order valence-electron chi connectivity index (χ4n) is 1.16. The highest BCUT2D eigenvalue weighted by atomic mass is 32.2. The first-order valence-corrected chi connectivity index (χ1v) is 6.69. The molecule has 92 valence electrons. The summed E-state index contributed by atoms with van der Waals surface area (Å²) in [4.78, 5) is 0. The predicted molar refractivity (Wildman–Crippen MR) is 61.9 cm³/mol. The smallest absolute Gasteiger partial charge is 0.279 e. The molecule has 16 heavy (non-hydrogen) atoms. The molecule has 0 radical (unpaired) electrons. The number of nitrogens with zero attached hydrogens (tertiary/aromatic N) is 2. The number of aromatic amines is 1. The molecule has 0 fully saturated rings. The van der Waals surface area contributed by atoms with Gasteiger partial charge >= 0.3 is 0 Å². The van der Waals surface area contributed by atoms with Gasteiger partial charge in [-0.25, -0.2) is 0 Å². The monoisotopic (exact) mass is 246 g/mol. The van der Waals surface area contributed by atoms with Crippen LogP contribution in [0.4, 0.5) is 0 Å². The molecule has 1 aromatic rings. The van der Waals surface area contributed by atoms with E-state index < -0.39 is 10.2 Å². The van der Waals surface area contributed by atoms with Crippen molar-refractivity contribution in [1.82, 2.24) is 19.2 Å². The van der Waals surface area contributed by atoms with Gasteiger partial charge in [-0.1, -0.05) is 13.3 Å². The molecule has 0 aromatic carbocycles. The van der Waals surface area contributed by atoms with E-state index in [1.165, 1.54) is 4.31 Å². The summed E-state index contributed by atoms with van der Waals surface area (Å²) in [5.74, 6) is 0. The Labute approximate surface area is 96.2 Å². The van der Waals surface area contributed by atoms with Gasteiger partial charge in [-0.15, -0.1) is 0 Å². The van der Waals surface area contributed by atoms with Gasteiger partial charge in [0.2, 0.25) is 0 Å². The molecule has 0 bridgehead atoms. The zero-order chi connectivity index (χ0) is 12.0. The minimum Gasteiger partial charge on any atom is -0.285 e. The van der Waals surface area contributed by atoms with Crippen LogP contribution in [0.5, 0.6) is 0 Å². The molecule has 2 N–H and O–H groups in total. The fraction of sp³-hybridized carbons (Fsp3) is 0.667. The Morgan fingerprint density at radius 1 is 1.56 bits per heavy atom. The molecule has 0 saturated heterocycles. The Morgan fingerprint density at radius 2 is 2.31 bits per heavy atom. The fourth-order valence-corrected chi connectivity index (χ4v) is 2.10. The molecule has 1 aromatic heterocycles. The second-order valence-corrected chi connectivity index (χ2v) is 5.47. The molecule has 0 aliphatic heterocycles. The molecule has 1 heterocycles. The van der Waals surface area contributed by atoms with Crippen LogP contribution in [0.2, 0.25) is 0 Å². The van der Waals surface area contributed by atoms with E-state index >= 15 is 0 Å². The number of H-pyrrole nitrogens is 1. The van der Waals surface area contributed by atoms with Crippen LogP contribution in [0.25, 0.3) is 0 Å². The van der Waals surface area contributed by atoms with Crippen molar-refractivity contribution in [3.8, 4) is 0 Å².